The Kier molecular flexibility index (Phi) is 5.31. The number of phenolic OH excluding ortho intramolecular Hbond substituents is 2. The van der Waals surface area contributed by atoms with Gasteiger partial charge in [-0.05, 0) is 23.8 Å². The third-order valence-electron chi connectivity index (χ3n) is 3.94. The highest BCUT2D eigenvalue weighted by Crippen LogP contribution is 2.31. The van der Waals surface area contributed by atoms with Crippen LogP contribution in [0.2, 0.25) is 0 Å². The van der Waals surface area contributed by atoms with Crippen LogP contribution < -0.4 is 0 Å². The lowest BCUT2D eigenvalue weighted by atomic mass is 9.79. The van der Waals surface area contributed by atoms with Gasteiger partial charge in [-0.2, -0.15) is 0 Å². The fourth-order valence-corrected chi connectivity index (χ4v) is 2.53. The molecular weight excluding hydrogens is 336 g/mol. The average Bonchev–Trinajstić information content (AvgIpc) is 2.53. The number of aliphatic carboxylic acids is 1. The van der Waals surface area contributed by atoms with Crippen LogP contribution in [-0.2, 0) is 14.3 Å². The topological polar surface area (TPSA) is 165 Å². The minimum Gasteiger partial charge on any atom is -0.504 e. The molecule has 0 amide bonds. The quantitative estimate of drug-likeness (QED) is 0.234. The molecule has 6 N–H and O–H groups in total. The van der Waals surface area contributed by atoms with Crippen molar-refractivity contribution < 1.29 is 45.0 Å². The van der Waals surface area contributed by atoms with Crippen molar-refractivity contribution in [3.05, 3.63) is 29.8 Å². The lowest BCUT2D eigenvalue weighted by molar-refractivity contribution is -0.196. The first-order valence-electron chi connectivity index (χ1n) is 7.35. The summed E-state index contributed by atoms with van der Waals surface area (Å²) in [7, 11) is 0. The number of rotatable bonds is 4. The monoisotopic (exact) mass is 354 g/mol. The summed E-state index contributed by atoms with van der Waals surface area (Å²) < 4.78 is 4.92. The normalized spacial score (nSPS) is 29.5. The van der Waals surface area contributed by atoms with E-state index in [0.29, 0.717) is 5.56 Å². The van der Waals surface area contributed by atoms with Crippen molar-refractivity contribution in [2.75, 3.05) is 0 Å². The van der Waals surface area contributed by atoms with Gasteiger partial charge in [0, 0.05) is 18.9 Å². The number of carboxylic acid groups (broad SMARTS) is 1. The van der Waals surface area contributed by atoms with Gasteiger partial charge in [0.25, 0.3) is 0 Å². The molecule has 0 bridgehead atoms. The highest BCUT2D eigenvalue weighted by Gasteiger charge is 2.50. The minimum absolute atomic E-state index is 0.327. The zero-order valence-corrected chi connectivity index (χ0v) is 12.9. The van der Waals surface area contributed by atoms with Crippen molar-refractivity contribution in [3.8, 4) is 11.5 Å². The van der Waals surface area contributed by atoms with E-state index in [1.165, 1.54) is 24.3 Å². The third-order valence-corrected chi connectivity index (χ3v) is 3.94. The summed E-state index contributed by atoms with van der Waals surface area (Å²) in [4.78, 5) is 22.9. The van der Waals surface area contributed by atoms with Gasteiger partial charge in [0.1, 0.15) is 12.2 Å². The first-order valence-corrected chi connectivity index (χ1v) is 7.35. The largest absolute Gasteiger partial charge is 0.504 e. The Morgan fingerprint density at radius 3 is 2.44 bits per heavy atom. The van der Waals surface area contributed by atoms with Crippen LogP contribution in [0, 0.1) is 0 Å². The van der Waals surface area contributed by atoms with Gasteiger partial charge in [-0.3, -0.25) is 0 Å². The predicted molar refractivity (Wildman–Crippen MR) is 82.5 cm³/mol. The number of carbonyl (C=O) groups is 2. The van der Waals surface area contributed by atoms with Crippen LogP contribution in [-0.4, -0.2) is 66.5 Å². The molecule has 1 aromatic rings. The molecule has 136 valence electrons. The van der Waals surface area contributed by atoms with Crippen molar-refractivity contribution >= 4 is 18.0 Å². The zero-order valence-electron chi connectivity index (χ0n) is 12.9. The van der Waals surface area contributed by atoms with E-state index in [1.807, 2.05) is 0 Å². The third kappa shape index (κ3) is 4.27. The van der Waals surface area contributed by atoms with Gasteiger partial charge in [-0.1, -0.05) is 6.07 Å². The lowest BCUT2D eigenvalue weighted by Crippen LogP contribution is -2.57. The summed E-state index contributed by atoms with van der Waals surface area (Å²) in [6.45, 7) is 0. The summed E-state index contributed by atoms with van der Waals surface area (Å²) in [5.74, 6) is -3.24. The van der Waals surface area contributed by atoms with Crippen LogP contribution >= 0.6 is 0 Å². The molecule has 1 aromatic carbocycles. The molecule has 1 fully saturated rings. The lowest BCUT2D eigenvalue weighted by Gasteiger charge is -2.39. The van der Waals surface area contributed by atoms with Crippen molar-refractivity contribution in [1.82, 2.24) is 0 Å². The molecule has 0 heterocycles. The predicted octanol–water partition coefficient (Wildman–Crippen LogP) is -0.646. The fraction of sp³-hybridized carbons (Fsp3) is 0.375. The molecule has 1 saturated carbocycles. The first kappa shape index (κ1) is 18.7. The molecule has 0 saturated heterocycles. The zero-order chi connectivity index (χ0) is 18.8. The van der Waals surface area contributed by atoms with Crippen molar-refractivity contribution in [2.24, 2.45) is 0 Å². The van der Waals surface area contributed by atoms with Crippen LogP contribution in [0.25, 0.3) is 6.08 Å². The highest BCUT2D eigenvalue weighted by molar-refractivity contribution is 5.87. The number of esters is 1. The number of carboxylic acids is 1. The molecule has 9 heteroatoms. The average molecular weight is 354 g/mol. The maximum absolute atomic E-state index is 11.8. The van der Waals surface area contributed by atoms with Gasteiger partial charge >= 0.3 is 11.9 Å². The summed E-state index contributed by atoms with van der Waals surface area (Å²) in [6, 6.07) is 3.83. The minimum atomic E-state index is -2.31. The van der Waals surface area contributed by atoms with Gasteiger partial charge in [0.15, 0.2) is 17.1 Å². The second-order valence-electron chi connectivity index (χ2n) is 5.86. The van der Waals surface area contributed by atoms with Gasteiger partial charge in [-0.15, -0.1) is 0 Å². The highest BCUT2D eigenvalue weighted by atomic mass is 16.6. The number of aliphatic hydroxyl groups is 3. The maximum atomic E-state index is 11.8. The van der Waals surface area contributed by atoms with Gasteiger partial charge in [-0.25, -0.2) is 9.59 Å². The number of ether oxygens (including phenoxy) is 1. The Balaban J connectivity index is 2.06. The molecular formula is C16H18O9. The molecule has 1 aliphatic carbocycles. The van der Waals surface area contributed by atoms with Crippen LogP contribution in [0.5, 0.6) is 11.5 Å². The summed E-state index contributed by atoms with van der Waals surface area (Å²) in [5.41, 5.74) is -1.94. The Morgan fingerprint density at radius 2 is 1.84 bits per heavy atom. The standard InChI is InChI=1S/C16H18O9/c17-9-3-1-8(5-10(9)18)2-4-13(20)25-12-7-16(24,15(22)23)6-11(19)14(12)21/h1-5,11-12,14,17-19,21,24H,6-7H2,(H,22,23)/b4-2-/t11-,12-,14-,16?/m1/s1. The van der Waals surface area contributed by atoms with E-state index >= 15 is 0 Å². The molecule has 25 heavy (non-hydrogen) atoms. The van der Waals surface area contributed by atoms with E-state index in [9.17, 15) is 35.1 Å². The Bertz CT molecular complexity index is 699. The number of hydrogen-bond acceptors (Lipinski definition) is 8. The van der Waals surface area contributed by atoms with Crippen LogP contribution in [0.4, 0.5) is 0 Å². The molecule has 0 spiro atoms. The van der Waals surface area contributed by atoms with E-state index in [2.05, 4.69) is 0 Å². The van der Waals surface area contributed by atoms with Crippen LogP contribution in [0.1, 0.15) is 18.4 Å². The molecule has 9 nitrogen and oxygen atoms in total. The maximum Gasteiger partial charge on any atom is 0.335 e. The number of carbonyl (C=O) groups excluding carboxylic acids is 1. The number of phenols is 2. The summed E-state index contributed by atoms with van der Waals surface area (Å²) in [6.07, 6.45) is -3.44. The Labute approximate surface area is 142 Å². The molecule has 0 radical (unpaired) electrons. The second kappa shape index (κ2) is 7.09. The summed E-state index contributed by atoms with van der Waals surface area (Å²) >= 11 is 0. The Morgan fingerprint density at radius 1 is 1.16 bits per heavy atom. The molecule has 1 aliphatic rings. The smallest absolute Gasteiger partial charge is 0.335 e. The van der Waals surface area contributed by atoms with Crippen molar-refractivity contribution in [3.63, 3.8) is 0 Å². The molecule has 4 atom stereocenters. The number of aliphatic hydroxyl groups excluding tert-OH is 2. The Hall–Kier alpha value is -2.62. The SMILES string of the molecule is O=C(/C=C\c1ccc(O)c(O)c1)O[C@@H]1CC(O)(C(=O)O)C[C@@H](O)[C@H]1O. The van der Waals surface area contributed by atoms with Crippen molar-refractivity contribution in [1.29, 1.82) is 0 Å². The molecule has 0 aliphatic heterocycles. The number of hydrogen-bond donors (Lipinski definition) is 6. The number of benzene rings is 1. The molecule has 1 unspecified atom stereocenters. The fourth-order valence-electron chi connectivity index (χ4n) is 2.53. The van der Waals surface area contributed by atoms with Crippen LogP contribution in [0.15, 0.2) is 24.3 Å². The summed E-state index contributed by atoms with van der Waals surface area (Å²) in [5, 5.41) is 57.0. The van der Waals surface area contributed by atoms with Gasteiger partial charge < -0.3 is 35.4 Å². The van der Waals surface area contributed by atoms with Gasteiger partial charge in [0.05, 0.1) is 6.10 Å². The molecule has 2 rings (SSSR count). The number of aromatic hydroxyl groups is 2. The van der Waals surface area contributed by atoms with Gasteiger partial charge in [0.2, 0.25) is 0 Å². The first-order chi connectivity index (χ1) is 11.6. The van der Waals surface area contributed by atoms with E-state index in [0.717, 1.165) is 6.08 Å². The van der Waals surface area contributed by atoms with Crippen molar-refractivity contribution in [2.45, 2.75) is 36.8 Å². The van der Waals surface area contributed by atoms with E-state index in [4.69, 9.17) is 9.84 Å². The van der Waals surface area contributed by atoms with E-state index in [-0.39, 0.29) is 11.5 Å². The molecule has 0 aromatic heterocycles. The second-order valence-corrected chi connectivity index (χ2v) is 5.86. The van der Waals surface area contributed by atoms with Crippen LogP contribution in [0.3, 0.4) is 0 Å². The van der Waals surface area contributed by atoms with E-state index in [1.54, 1.807) is 0 Å². The van der Waals surface area contributed by atoms with E-state index < -0.39 is 48.7 Å².